The van der Waals surface area contributed by atoms with Crippen molar-refractivity contribution in [3.05, 3.63) is 69.3 Å². The maximum absolute atomic E-state index is 12.3. The van der Waals surface area contributed by atoms with E-state index in [4.69, 9.17) is 4.74 Å². The van der Waals surface area contributed by atoms with Crippen LogP contribution in [0.4, 0.5) is 11.4 Å². The second-order valence-corrected chi connectivity index (χ2v) is 6.87. The quantitative estimate of drug-likeness (QED) is 0.325. The molecule has 0 unspecified atom stereocenters. The molecule has 1 aliphatic rings. The van der Waals surface area contributed by atoms with Crippen LogP contribution in [0.25, 0.3) is 0 Å². The molecule has 0 bridgehead atoms. The fourth-order valence-corrected chi connectivity index (χ4v) is 3.24. The Labute approximate surface area is 163 Å². The van der Waals surface area contributed by atoms with Crippen molar-refractivity contribution in [1.82, 2.24) is 0 Å². The number of nitro benzene ring substituents is 1. The minimum absolute atomic E-state index is 0.0594. The molecule has 1 aliphatic heterocycles. The molecule has 2 aromatic carbocycles. The summed E-state index contributed by atoms with van der Waals surface area (Å²) in [5.41, 5.74) is 1.92. The number of nitro groups is 1. The SMILES string of the molecule is Cc1ccc(C(=O)COC(=O)c2ccc(N3CCCCC3)c([N+](=O)[O-])c2)cc1. The molecule has 0 aromatic heterocycles. The number of hydrogen-bond donors (Lipinski definition) is 0. The Morgan fingerprint density at radius 2 is 1.68 bits per heavy atom. The van der Waals surface area contributed by atoms with Crippen LogP contribution in [0, 0.1) is 17.0 Å². The lowest BCUT2D eigenvalue weighted by atomic mass is 10.1. The Bertz CT molecular complexity index is 886. The van der Waals surface area contributed by atoms with Crippen molar-refractivity contribution in [2.75, 3.05) is 24.6 Å². The highest BCUT2D eigenvalue weighted by Gasteiger charge is 2.23. The fourth-order valence-electron chi connectivity index (χ4n) is 3.24. The summed E-state index contributed by atoms with van der Waals surface area (Å²) < 4.78 is 5.07. The van der Waals surface area contributed by atoms with Crippen molar-refractivity contribution in [2.45, 2.75) is 26.2 Å². The molecule has 7 nitrogen and oxygen atoms in total. The van der Waals surface area contributed by atoms with Crippen LogP contribution < -0.4 is 4.90 Å². The molecule has 146 valence electrons. The molecule has 0 spiro atoms. The third kappa shape index (κ3) is 4.54. The summed E-state index contributed by atoms with van der Waals surface area (Å²) in [5.74, 6) is -1.08. The van der Waals surface area contributed by atoms with E-state index < -0.39 is 17.5 Å². The zero-order chi connectivity index (χ0) is 20.1. The maximum atomic E-state index is 12.3. The molecular formula is C21H22N2O5. The summed E-state index contributed by atoms with van der Waals surface area (Å²) >= 11 is 0. The molecule has 7 heteroatoms. The van der Waals surface area contributed by atoms with Crippen LogP contribution in [0.15, 0.2) is 42.5 Å². The molecular weight excluding hydrogens is 360 g/mol. The van der Waals surface area contributed by atoms with Gasteiger partial charge in [-0.15, -0.1) is 0 Å². The van der Waals surface area contributed by atoms with E-state index in [-0.39, 0.29) is 17.0 Å². The lowest BCUT2D eigenvalue weighted by Gasteiger charge is -2.28. The largest absolute Gasteiger partial charge is 0.454 e. The number of hydrogen-bond acceptors (Lipinski definition) is 6. The molecule has 0 atom stereocenters. The number of carbonyl (C=O) groups excluding carboxylic acids is 2. The van der Waals surface area contributed by atoms with E-state index >= 15 is 0 Å². The lowest BCUT2D eigenvalue weighted by Crippen LogP contribution is -2.30. The first-order valence-electron chi connectivity index (χ1n) is 9.26. The number of Topliss-reactive ketones (excluding diaryl/α,β-unsaturated/α-hetero) is 1. The van der Waals surface area contributed by atoms with Crippen LogP contribution in [0.5, 0.6) is 0 Å². The topological polar surface area (TPSA) is 89.8 Å². The molecule has 0 saturated carbocycles. The predicted molar refractivity (Wildman–Crippen MR) is 105 cm³/mol. The molecule has 0 N–H and O–H groups in total. The second-order valence-electron chi connectivity index (χ2n) is 6.87. The Hall–Kier alpha value is -3.22. The first kappa shape index (κ1) is 19.5. The van der Waals surface area contributed by atoms with Crippen molar-refractivity contribution in [2.24, 2.45) is 0 Å². The van der Waals surface area contributed by atoms with Gasteiger partial charge in [0.2, 0.25) is 0 Å². The van der Waals surface area contributed by atoms with Crippen molar-refractivity contribution in [1.29, 1.82) is 0 Å². The molecule has 28 heavy (non-hydrogen) atoms. The van der Waals surface area contributed by atoms with Gasteiger partial charge in [-0.3, -0.25) is 14.9 Å². The van der Waals surface area contributed by atoms with Crippen LogP contribution in [0.1, 0.15) is 45.5 Å². The van der Waals surface area contributed by atoms with Crippen molar-refractivity contribution in [3.8, 4) is 0 Å². The van der Waals surface area contributed by atoms with E-state index in [1.54, 1.807) is 30.3 Å². The smallest absolute Gasteiger partial charge is 0.338 e. The van der Waals surface area contributed by atoms with Gasteiger partial charge >= 0.3 is 5.97 Å². The van der Waals surface area contributed by atoms with E-state index in [9.17, 15) is 19.7 Å². The number of esters is 1. The Morgan fingerprint density at radius 1 is 1.04 bits per heavy atom. The third-order valence-electron chi connectivity index (χ3n) is 4.81. The van der Waals surface area contributed by atoms with Gasteiger partial charge in [0.05, 0.1) is 10.5 Å². The van der Waals surface area contributed by atoms with Crippen molar-refractivity contribution >= 4 is 23.1 Å². The number of carbonyl (C=O) groups is 2. The van der Waals surface area contributed by atoms with Crippen LogP contribution >= 0.6 is 0 Å². The molecule has 1 saturated heterocycles. The molecule has 2 aromatic rings. The summed E-state index contributed by atoms with van der Waals surface area (Å²) in [5, 5.41) is 11.5. The summed E-state index contributed by atoms with van der Waals surface area (Å²) in [7, 11) is 0. The monoisotopic (exact) mass is 382 g/mol. The first-order chi connectivity index (χ1) is 13.5. The molecule has 1 fully saturated rings. The molecule has 1 heterocycles. The summed E-state index contributed by atoms with van der Waals surface area (Å²) in [6, 6.07) is 11.3. The van der Waals surface area contributed by atoms with E-state index in [0.29, 0.717) is 11.3 Å². The van der Waals surface area contributed by atoms with Gasteiger partial charge in [-0.1, -0.05) is 29.8 Å². The average Bonchev–Trinajstić information content (AvgIpc) is 2.72. The second kappa shape index (κ2) is 8.65. The highest BCUT2D eigenvalue weighted by Crippen LogP contribution is 2.31. The Kier molecular flexibility index (Phi) is 6.03. The zero-order valence-corrected chi connectivity index (χ0v) is 15.7. The van der Waals surface area contributed by atoms with Gasteiger partial charge in [0, 0.05) is 24.7 Å². The number of nitrogens with zero attached hydrogens (tertiary/aromatic N) is 2. The van der Waals surface area contributed by atoms with Crippen LogP contribution in [-0.4, -0.2) is 36.4 Å². The van der Waals surface area contributed by atoms with Crippen LogP contribution in [0.3, 0.4) is 0 Å². The van der Waals surface area contributed by atoms with Gasteiger partial charge < -0.3 is 9.64 Å². The lowest BCUT2D eigenvalue weighted by molar-refractivity contribution is -0.384. The number of rotatable bonds is 6. The number of piperidine rings is 1. The van der Waals surface area contributed by atoms with E-state index in [2.05, 4.69) is 0 Å². The number of anilines is 1. The third-order valence-corrected chi connectivity index (χ3v) is 4.81. The average molecular weight is 382 g/mol. The van der Waals surface area contributed by atoms with Crippen LogP contribution in [-0.2, 0) is 4.74 Å². The van der Waals surface area contributed by atoms with E-state index in [0.717, 1.165) is 37.9 Å². The standard InChI is InChI=1S/C21H22N2O5/c1-15-5-7-16(8-6-15)20(24)14-28-21(25)17-9-10-18(19(13-17)23(26)27)22-11-3-2-4-12-22/h5-10,13H,2-4,11-12,14H2,1H3. The molecule has 0 amide bonds. The molecule has 0 radical (unpaired) electrons. The van der Waals surface area contributed by atoms with Crippen molar-refractivity contribution < 1.29 is 19.2 Å². The van der Waals surface area contributed by atoms with E-state index in [1.165, 1.54) is 12.1 Å². The van der Waals surface area contributed by atoms with Gasteiger partial charge in [0.15, 0.2) is 12.4 Å². The fraction of sp³-hybridized carbons (Fsp3) is 0.333. The van der Waals surface area contributed by atoms with Crippen molar-refractivity contribution in [3.63, 3.8) is 0 Å². The highest BCUT2D eigenvalue weighted by atomic mass is 16.6. The Morgan fingerprint density at radius 3 is 2.32 bits per heavy atom. The summed E-state index contributed by atoms with van der Waals surface area (Å²) in [6.07, 6.45) is 3.09. The minimum atomic E-state index is -0.756. The molecule has 0 aliphatic carbocycles. The normalized spacial score (nSPS) is 13.8. The van der Waals surface area contributed by atoms with Gasteiger partial charge in [-0.05, 0) is 38.3 Å². The summed E-state index contributed by atoms with van der Waals surface area (Å²) in [4.78, 5) is 37.4. The number of ketones is 1. The number of aryl methyl sites for hydroxylation is 1. The number of benzene rings is 2. The van der Waals surface area contributed by atoms with Crippen LogP contribution in [0.2, 0.25) is 0 Å². The first-order valence-corrected chi connectivity index (χ1v) is 9.26. The van der Waals surface area contributed by atoms with Gasteiger partial charge in [-0.2, -0.15) is 0 Å². The minimum Gasteiger partial charge on any atom is -0.454 e. The van der Waals surface area contributed by atoms with Gasteiger partial charge in [0.1, 0.15) is 5.69 Å². The highest BCUT2D eigenvalue weighted by molar-refractivity contribution is 5.99. The maximum Gasteiger partial charge on any atom is 0.338 e. The molecule has 3 rings (SSSR count). The number of ether oxygens (including phenoxy) is 1. The Balaban J connectivity index is 1.70. The van der Waals surface area contributed by atoms with E-state index in [1.807, 2.05) is 11.8 Å². The van der Waals surface area contributed by atoms with Gasteiger partial charge in [0.25, 0.3) is 5.69 Å². The predicted octanol–water partition coefficient (Wildman–Crippen LogP) is 3.93. The zero-order valence-electron chi connectivity index (χ0n) is 15.7. The van der Waals surface area contributed by atoms with Gasteiger partial charge in [-0.25, -0.2) is 4.79 Å². The summed E-state index contributed by atoms with van der Waals surface area (Å²) in [6.45, 7) is 3.02.